The number of alkyl halides is 1. The summed E-state index contributed by atoms with van der Waals surface area (Å²) in [5.74, 6) is -0.316. The number of benzene rings is 2. The zero-order valence-electron chi connectivity index (χ0n) is 23.8. The van der Waals surface area contributed by atoms with Gasteiger partial charge in [0.1, 0.15) is 35.0 Å². The summed E-state index contributed by atoms with van der Waals surface area (Å²) in [6, 6.07) is 10.0. The molecule has 43 heavy (non-hydrogen) atoms. The Balaban J connectivity index is 1.89. The second kappa shape index (κ2) is 15.0. The smallest absolute Gasteiger partial charge is 0.414 e. The molecule has 0 spiro atoms. The minimum absolute atomic E-state index is 0.0564. The van der Waals surface area contributed by atoms with Crippen LogP contribution in [0.25, 0.3) is 11.3 Å². The molecule has 2 aromatic carbocycles. The van der Waals surface area contributed by atoms with Gasteiger partial charge in [-0.2, -0.15) is 0 Å². The molecule has 0 saturated heterocycles. The summed E-state index contributed by atoms with van der Waals surface area (Å²) in [5, 5.41) is 12.2. The van der Waals surface area contributed by atoms with E-state index in [0.29, 0.717) is 23.5 Å². The highest BCUT2D eigenvalue weighted by Gasteiger charge is 2.25. The lowest BCUT2D eigenvalue weighted by Crippen LogP contribution is -2.46. The van der Waals surface area contributed by atoms with Gasteiger partial charge in [0.25, 0.3) is 5.91 Å². The fourth-order valence-electron chi connectivity index (χ4n) is 3.56. The minimum atomic E-state index is -0.840. The molecule has 0 bridgehead atoms. The largest absolute Gasteiger partial charge is 0.490 e. The van der Waals surface area contributed by atoms with Crippen molar-refractivity contribution in [1.29, 1.82) is 0 Å². The summed E-state index contributed by atoms with van der Waals surface area (Å²) in [4.78, 5) is 42.2. The van der Waals surface area contributed by atoms with Crippen LogP contribution in [0.5, 0.6) is 5.75 Å². The van der Waals surface area contributed by atoms with Crippen LogP contribution in [0.3, 0.4) is 0 Å². The van der Waals surface area contributed by atoms with E-state index in [1.165, 1.54) is 0 Å². The molecule has 0 atom stereocenters. The van der Waals surface area contributed by atoms with Crippen LogP contribution in [0.1, 0.15) is 42.5 Å². The van der Waals surface area contributed by atoms with Crippen molar-refractivity contribution >= 4 is 68.7 Å². The van der Waals surface area contributed by atoms with Crippen LogP contribution in [0.4, 0.5) is 10.5 Å². The van der Waals surface area contributed by atoms with Crippen molar-refractivity contribution in [2.24, 2.45) is 4.99 Å². The second-order valence-corrected chi connectivity index (χ2v) is 11.3. The van der Waals surface area contributed by atoms with Crippen LogP contribution in [-0.2, 0) is 16.1 Å². The number of hydrogen-bond donors (Lipinski definition) is 3. The Hall–Kier alpha value is -3.87. The molecule has 3 aromatic rings. The van der Waals surface area contributed by atoms with Crippen LogP contribution >= 0.6 is 39.1 Å². The Morgan fingerprint density at radius 1 is 1.12 bits per heavy atom. The zero-order chi connectivity index (χ0) is 31.7. The summed E-state index contributed by atoms with van der Waals surface area (Å²) in [6.07, 6.45) is 0.790. The summed E-state index contributed by atoms with van der Waals surface area (Å²) < 4.78 is 16.2. The Labute approximate surface area is 267 Å². The molecule has 0 fully saturated rings. The highest BCUT2D eigenvalue weighted by Crippen LogP contribution is 2.32. The van der Waals surface area contributed by atoms with Crippen LogP contribution in [0.2, 0.25) is 10.0 Å². The van der Waals surface area contributed by atoms with Crippen LogP contribution in [-0.4, -0.2) is 46.6 Å². The van der Waals surface area contributed by atoms with E-state index in [2.05, 4.69) is 48.6 Å². The van der Waals surface area contributed by atoms with Crippen LogP contribution < -0.4 is 20.7 Å². The molecule has 3 amide bonds. The quantitative estimate of drug-likeness (QED) is 0.0983. The summed E-state index contributed by atoms with van der Waals surface area (Å²) >= 11 is 15.7. The van der Waals surface area contributed by atoms with Crippen LogP contribution in [0.15, 0.2) is 58.6 Å². The van der Waals surface area contributed by atoms with Crippen molar-refractivity contribution in [2.75, 3.05) is 17.3 Å². The Morgan fingerprint density at radius 2 is 1.77 bits per heavy atom. The van der Waals surface area contributed by atoms with Crippen molar-refractivity contribution in [3.63, 3.8) is 0 Å². The van der Waals surface area contributed by atoms with Gasteiger partial charge in [0.2, 0.25) is 11.9 Å². The van der Waals surface area contributed by atoms with Gasteiger partial charge in [0.15, 0.2) is 0 Å². The number of ether oxygens (including phenoxy) is 2. The number of aromatic nitrogens is 1. The average molecular weight is 695 g/mol. The first-order chi connectivity index (χ1) is 20.3. The number of alkyl carbamates (subject to hydrolysis) is 1. The lowest BCUT2D eigenvalue weighted by molar-refractivity contribution is -0.113. The number of nitrogens with one attached hydrogen (secondary N) is 3. The number of hydrogen-bond acceptors (Lipinski definition) is 8. The maximum atomic E-state index is 13.5. The van der Waals surface area contributed by atoms with Gasteiger partial charge >= 0.3 is 6.09 Å². The summed E-state index contributed by atoms with van der Waals surface area (Å²) in [5.41, 5.74) is 0.984. The number of guanidine groups is 1. The molecule has 0 radical (unpaired) electrons. The van der Waals surface area contributed by atoms with E-state index < -0.39 is 17.6 Å². The highest BCUT2D eigenvalue weighted by molar-refractivity contribution is 9.09. The Morgan fingerprint density at radius 3 is 2.35 bits per heavy atom. The SMILES string of the molecule is C=CCOc1ccc(-c2noc(C)c2C(=O)NC(=NCc2cc(Cl)c(NC(=O)CBr)c(Cl)c2)NC(=O)OC(C)(C)C)cc1. The number of amides is 3. The zero-order valence-corrected chi connectivity index (χ0v) is 26.9. The van der Waals surface area contributed by atoms with Gasteiger partial charge in [-0.25, -0.2) is 9.79 Å². The third-order valence-corrected chi connectivity index (χ3v) is 6.45. The first kappa shape index (κ1) is 33.6. The van der Waals surface area contributed by atoms with E-state index in [0.717, 1.165) is 0 Å². The lowest BCUT2D eigenvalue weighted by atomic mass is 10.1. The van der Waals surface area contributed by atoms with E-state index in [-0.39, 0.29) is 56.5 Å². The number of aliphatic imine (C=N–C) groups is 1. The van der Waals surface area contributed by atoms with Crippen molar-refractivity contribution in [1.82, 2.24) is 15.8 Å². The molecule has 14 heteroatoms. The predicted molar refractivity (Wildman–Crippen MR) is 169 cm³/mol. The highest BCUT2D eigenvalue weighted by atomic mass is 79.9. The fraction of sp³-hybridized carbons (Fsp3) is 0.276. The van der Waals surface area contributed by atoms with Crippen molar-refractivity contribution in [3.8, 4) is 17.0 Å². The summed E-state index contributed by atoms with van der Waals surface area (Å²) in [6.45, 7) is 10.6. The van der Waals surface area contributed by atoms with Crippen molar-refractivity contribution in [2.45, 2.75) is 39.8 Å². The molecule has 0 unspecified atom stereocenters. The molecule has 1 heterocycles. The molecular weight excluding hydrogens is 665 g/mol. The maximum absolute atomic E-state index is 13.5. The van der Waals surface area contributed by atoms with E-state index in [9.17, 15) is 14.4 Å². The second-order valence-electron chi connectivity index (χ2n) is 9.95. The molecule has 0 saturated carbocycles. The van der Waals surface area contributed by atoms with Gasteiger partial charge in [0.05, 0.1) is 27.6 Å². The average Bonchev–Trinajstić information content (AvgIpc) is 3.32. The molecule has 11 nitrogen and oxygen atoms in total. The number of aryl methyl sites for hydroxylation is 1. The molecule has 0 aliphatic rings. The number of nitrogens with zero attached hydrogens (tertiary/aromatic N) is 2. The van der Waals surface area contributed by atoms with Gasteiger partial charge < -0.3 is 19.3 Å². The third-order valence-electron chi connectivity index (χ3n) is 5.34. The van der Waals surface area contributed by atoms with Crippen molar-refractivity contribution < 1.29 is 28.4 Å². The monoisotopic (exact) mass is 693 g/mol. The van der Waals surface area contributed by atoms with E-state index >= 15 is 0 Å². The predicted octanol–water partition coefficient (Wildman–Crippen LogP) is 6.67. The number of carbonyl (C=O) groups excluding carboxylic acids is 3. The minimum Gasteiger partial charge on any atom is -0.490 e. The maximum Gasteiger partial charge on any atom is 0.414 e. The van der Waals surface area contributed by atoms with Gasteiger partial charge in [-0.1, -0.05) is 56.9 Å². The first-order valence-electron chi connectivity index (χ1n) is 12.8. The Kier molecular flexibility index (Phi) is 11.8. The first-order valence-corrected chi connectivity index (χ1v) is 14.7. The molecule has 3 N–H and O–H groups in total. The van der Waals surface area contributed by atoms with Gasteiger partial charge in [0, 0.05) is 5.56 Å². The van der Waals surface area contributed by atoms with Crippen molar-refractivity contribution in [3.05, 3.63) is 76.0 Å². The van der Waals surface area contributed by atoms with Gasteiger partial charge in [-0.05, 0) is 69.7 Å². The standard InChI is InChI=1S/C29H30BrCl2N5O6/c1-6-11-41-19-9-7-18(8-10-19)24-23(16(2)43-37-24)26(39)35-27(36-28(40)42-29(3,4)5)33-15-17-12-20(31)25(21(32)13-17)34-22(38)14-30/h6-10,12-13H,1,11,14-15H2,2-5H3,(H,34,38)(H2,33,35,36,39,40). The molecule has 0 aliphatic heterocycles. The normalized spacial score (nSPS) is 11.5. The molecule has 3 rings (SSSR count). The summed E-state index contributed by atoms with van der Waals surface area (Å²) in [7, 11) is 0. The van der Waals surface area contributed by atoms with E-state index in [1.54, 1.807) is 70.2 Å². The topological polar surface area (TPSA) is 144 Å². The third kappa shape index (κ3) is 9.84. The molecule has 1 aromatic heterocycles. The van der Waals surface area contributed by atoms with Gasteiger partial charge in [-0.15, -0.1) is 0 Å². The number of anilines is 1. The lowest BCUT2D eigenvalue weighted by Gasteiger charge is -2.20. The van der Waals surface area contributed by atoms with Gasteiger partial charge in [-0.3, -0.25) is 20.2 Å². The van der Waals surface area contributed by atoms with E-state index in [1.807, 2.05) is 0 Å². The number of halogens is 3. The molecule has 0 aliphatic carbocycles. The van der Waals surface area contributed by atoms with E-state index in [4.69, 9.17) is 37.2 Å². The number of rotatable bonds is 9. The fourth-order valence-corrected chi connectivity index (χ4v) is 4.33. The number of carbonyl (C=O) groups is 3. The molecular formula is C29H30BrCl2N5O6. The Bertz CT molecular complexity index is 1510. The van der Waals surface area contributed by atoms with Crippen LogP contribution in [0, 0.1) is 6.92 Å². The molecule has 228 valence electrons.